The molecule has 132 valence electrons. The SMILES string of the molecule is Cc1ccc(CN2CCC[C@H](C3=NS(=O)(=O)c4ccccc4N3)C2)s1. The highest BCUT2D eigenvalue weighted by Gasteiger charge is 2.31. The average molecular weight is 376 g/mol. The number of piperidine rings is 1. The summed E-state index contributed by atoms with van der Waals surface area (Å²) in [4.78, 5) is 5.34. The van der Waals surface area contributed by atoms with E-state index < -0.39 is 10.0 Å². The van der Waals surface area contributed by atoms with Crippen molar-refractivity contribution in [3.63, 3.8) is 0 Å². The van der Waals surface area contributed by atoms with Crippen LogP contribution in [0.1, 0.15) is 22.6 Å². The highest BCUT2D eigenvalue weighted by molar-refractivity contribution is 7.90. The summed E-state index contributed by atoms with van der Waals surface area (Å²) < 4.78 is 29.0. The number of sulfonamides is 1. The third kappa shape index (κ3) is 3.49. The van der Waals surface area contributed by atoms with E-state index in [-0.39, 0.29) is 10.8 Å². The second kappa shape index (κ2) is 6.55. The van der Waals surface area contributed by atoms with Gasteiger partial charge in [-0.1, -0.05) is 12.1 Å². The summed E-state index contributed by atoms with van der Waals surface area (Å²) in [6, 6.07) is 11.3. The van der Waals surface area contributed by atoms with Gasteiger partial charge in [0.15, 0.2) is 0 Å². The monoisotopic (exact) mass is 375 g/mol. The van der Waals surface area contributed by atoms with Gasteiger partial charge < -0.3 is 5.32 Å². The van der Waals surface area contributed by atoms with E-state index in [1.807, 2.05) is 17.4 Å². The Balaban J connectivity index is 1.53. The molecular formula is C18H21N3O2S2. The fraction of sp³-hybridized carbons (Fsp3) is 0.389. The molecule has 1 saturated heterocycles. The molecule has 0 aliphatic carbocycles. The van der Waals surface area contributed by atoms with Crippen LogP contribution in [-0.4, -0.2) is 32.2 Å². The quantitative estimate of drug-likeness (QED) is 0.892. The molecule has 4 rings (SSSR count). The Bertz CT molecular complexity index is 918. The van der Waals surface area contributed by atoms with Crippen molar-refractivity contribution in [3.8, 4) is 0 Å². The number of nitrogens with one attached hydrogen (secondary N) is 1. The lowest BCUT2D eigenvalue weighted by Crippen LogP contribution is -2.41. The number of amidine groups is 1. The topological polar surface area (TPSA) is 61.8 Å². The van der Waals surface area contributed by atoms with E-state index in [1.165, 1.54) is 9.75 Å². The number of para-hydroxylation sites is 1. The van der Waals surface area contributed by atoms with E-state index in [2.05, 4.69) is 33.7 Å². The molecule has 7 heteroatoms. The molecular weight excluding hydrogens is 354 g/mol. The minimum Gasteiger partial charge on any atom is -0.342 e. The molecule has 5 nitrogen and oxygen atoms in total. The van der Waals surface area contributed by atoms with Gasteiger partial charge >= 0.3 is 0 Å². The minimum absolute atomic E-state index is 0.123. The number of anilines is 1. The molecule has 0 radical (unpaired) electrons. The molecule has 2 aliphatic heterocycles. The van der Waals surface area contributed by atoms with Crippen LogP contribution in [-0.2, 0) is 16.6 Å². The molecule has 0 spiro atoms. The molecule has 0 amide bonds. The predicted molar refractivity (Wildman–Crippen MR) is 102 cm³/mol. The predicted octanol–water partition coefficient (Wildman–Crippen LogP) is 3.48. The summed E-state index contributed by atoms with van der Waals surface area (Å²) >= 11 is 1.83. The number of benzene rings is 1. The molecule has 25 heavy (non-hydrogen) atoms. The largest absolute Gasteiger partial charge is 0.342 e. The standard InChI is InChI=1S/C18H21N3O2S2/c1-13-8-9-15(24-13)12-21-10-4-5-14(11-21)18-19-16-6-2-3-7-17(16)25(22,23)20-18/h2-3,6-9,14H,4-5,10-12H2,1H3,(H,19,20)/t14-/m0/s1. The van der Waals surface area contributed by atoms with Crippen molar-refractivity contribution in [3.05, 3.63) is 46.2 Å². The molecule has 2 aromatic rings. The zero-order chi connectivity index (χ0) is 17.4. The van der Waals surface area contributed by atoms with Crippen LogP contribution < -0.4 is 5.32 Å². The third-order valence-corrected chi connectivity index (χ3v) is 7.05. The lowest BCUT2D eigenvalue weighted by Gasteiger charge is -2.34. The maximum atomic E-state index is 12.5. The number of fused-ring (bicyclic) bond motifs is 1. The highest BCUT2D eigenvalue weighted by atomic mass is 32.2. The first-order valence-electron chi connectivity index (χ1n) is 8.50. The van der Waals surface area contributed by atoms with E-state index in [0.717, 1.165) is 32.5 Å². The second-order valence-electron chi connectivity index (χ2n) is 6.66. The fourth-order valence-corrected chi connectivity index (χ4v) is 5.66. The van der Waals surface area contributed by atoms with Crippen LogP contribution in [0.25, 0.3) is 0 Å². The molecule has 0 bridgehead atoms. The van der Waals surface area contributed by atoms with Gasteiger partial charge in [0.2, 0.25) is 0 Å². The van der Waals surface area contributed by atoms with Gasteiger partial charge in [0.05, 0.1) is 5.69 Å². The van der Waals surface area contributed by atoms with Crippen molar-refractivity contribution in [1.29, 1.82) is 0 Å². The van der Waals surface area contributed by atoms with Crippen LogP contribution in [0.15, 0.2) is 45.7 Å². The molecule has 3 heterocycles. The van der Waals surface area contributed by atoms with Crippen molar-refractivity contribution in [1.82, 2.24) is 4.90 Å². The van der Waals surface area contributed by atoms with E-state index in [9.17, 15) is 8.42 Å². The second-order valence-corrected chi connectivity index (χ2v) is 9.60. The van der Waals surface area contributed by atoms with E-state index in [4.69, 9.17) is 0 Å². The summed E-state index contributed by atoms with van der Waals surface area (Å²) in [7, 11) is -3.60. The Labute approximate surface area is 152 Å². The average Bonchev–Trinajstić information content (AvgIpc) is 2.99. The first-order valence-corrected chi connectivity index (χ1v) is 10.8. The molecule has 1 aromatic carbocycles. The number of nitrogens with zero attached hydrogens (tertiary/aromatic N) is 2. The van der Waals surface area contributed by atoms with Gasteiger partial charge in [0.1, 0.15) is 10.7 Å². The molecule has 0 unspecified atom stereocenters. The summed E-state index contributed by atoms with van der Waals surface area (Å²) in [5, 5.41) is 3.26. The number of aryl methyl sites for hydroxylation is 1. The summed E-state index contributed by atoms with van der Waals surface area (Å²) in [5.74, 6) is 0.712. The molecule has 1 N–H and O–H groups in total. The third-order valence-electron chi connectivity index (χ3n) is 4.71. The zero-order valence-corrected chi connectivity index (χ0v) is 15.7. The van der Waals surface area contributed by atoms with Crippen LogP contribution in [0.3, 0.4) is 0 Å². The minimum atomic E-state index is -3.60. The van der Waals surface area contributed by atoms with Crippen molar-refractivity contribution in [2.75, 3.05) is 18.4 Å². The Morgan fingerprint density at radius 1 is 1.28 bits per heavy atom. The van der Waals surface area contributed by atoms with Gasteiger partial charge in [-0.05, 0) is 50.6 Å². The smallest absolute Gasteiger partial charge is 0.286 e. The normalized spacial score (nSPS) is 22.8. The molecule has 1 atom stereocenters. The van der Waals surface area contributed by atoms with Crippen molar-refractivity contribution in [2.24, 2.45) is 10.3 Å². The summed E-state index contributed by atoms with van der Waals surface area (Å²) in [6.07, 6.45) is 2.01. The van der Waals surface area contributed by atoms with E-state index >= 15 is 0 Å². The van der Waals surface area contributed by atoms with Crippen LogP contribution in [0.5, 0.6) is 0 Å². The van der Waals surface area contributed by atoms with Crippen LogP contribution >= 0.6 is 11.3 Å². The fourth-order valence-electron chi connectivity index (χ4n) is 3.52. The molecule has 1 aromatic heterocycles. The first kappa shape index (κ1) is 16.8. The summed E-state index contributed by atoms with van der Waals surface area (Å²) in [6.45, 7) is 4.92. The maximum absolute atomic E-state index is 12.5. The van der Waals surface area contributed by atoms with Crippen molar-refractivity contribution >= 4 is 32.9 Å². The maximum Gasteiger partial charge on any atom is 0.286 e. The van der Waals surface area contributed by atoms with Gasteiger partial charge in [-0.15, -0.1) is 15.7 Å². The number of rotatable bonds is 3. The van der Waals surface area contributed by atoms with Crippen LogP contribution in [0, 0.1) is 12.8 Å². The van der Waals surface area contributed by atoms with Crippen molar-refractivity contribution in [2.45, 2.75) is 31.2 Å². The number of hydrogen-bond acceptors (Lipinski definition) is 5. The number of thiophene rings is 1. The van der Waals surface area contributed by atoms with Gasteiger partial charge in [0, 0.05) is 28.8 Å². The Hall–Kier alpha value is -1.70. The number of likely N-dealkylation sites (tertiary alicyclic amines) is 1. The van der Waals surface area contributed by atoms with Gasteiger partial charge in [-0.25, -0.2) is 0 Å². The highest BCUT2D eigenvalue weighted by Crippen LogP contribution is 2.30. The van der Waals surface area contributed by atoms with Gasteiger partial charge in [-0.3, -0.25) is 4.90 Å². The van der Waals surface area contributed by atoms with Gasteiger partial charge in [-0.2, -0.15) is 8.42 Å². The first-order chi connectivity index (χ1) is 12.0. The van der Waals surface area contributed by atoms with Crippen molar-refractivity contribution < 1.29 is 8.42 Å². The lowest BCUT2D eigenvalue weighted by molar-refractivity contribution is 0.198. The molecule has 1 fully saturated rings. The van der Waals surface area contributed by atoms with Crippen LogP contribution in [0.2, 0.25) is 0 Å². The Kier molecular flexibility index (Phi) is 4.39. The Morgan fingerprint density at radius 2 is 2.12 bits per heavy atom. The zero-order valence-electron chi connectivity index (χ0n) is 14.1. The molecule has 0 saturated carbocycles. The van der Waals surface area contributed by atoms with Gasteiger partial charge in [0.25, 0.3) is 10.0 Å². The van der Waals surface area contributed by atoms with E-state index in [0.29, 0.717) is 11.5 Å². The molecule has 2 aliphatic rings. The Morgan fingerprint density at radius 3 is 2.92 bits per heavy atom. The van der Waals surface area contributed by atoms with Crippen LogP contribution in [0.4, 0.5) is 5.69 Å². The number of hydrogen-bond donors (Lipinski definition) is 1. The lowest BCUT2D eigenvalue weighted by atomic mass is 9.96. The summed E-state index contributed by atoms with van der Waals surface area (Å²) in [5.41, 5.74) is 0.638. The van der Waals surface area contributed by atoms with E-state index in [1.54, 1.807) is 18.2 Å².